The number of phenolic OH excluding ortho intramolecular Hbond substituents is 2. The number of sulfone groups is 1. The summed E-state index contributed by atoms with van der Waals surface area (Å²) in [6.07, 6.45) is -1.41. The number of hydrogen-bond donors (Lipinski definition) is 2. The van der Waals surface area contributed by atoms with Gasteiger partial charge in [0.1, 0.15) is 27.1 Å². The Morgan fingerprint density at radius 3 is 2.02 bits per heavy atom. The number of unbranched alkanes of at least 4 members (excludes halogenated alkanes) is 6. The van der Waals surface area contributed by atoms with Gasteiger partial charge in [0.05, 0.1) is 18.1 Å². The first kappa shape index (κ1) is 32.9. The topological polar surface area (TPSA) is 83.8 Å². The summed E-state index contributed by atoms with van der Waals surface area (Å²) in [5.41, 5.74) is 1.77. The molecule has 0 fully saturated rings. The van der Waals surface area contributed by atoms with E-state index in [2.05, 4.69) is 6.92 Å². The van der Waals surface area contributed by atoms with Crippen molar-refractivity contribution >= 4 is 9.84 Å². The van der Waals surface area contributed by atoms with Crippen molar-refractivity contribution in [1.29, 1.82) is 0 Å². The Balaban J connectivity index is 1.41. The molecule has 1 aliphatic heterocycles. The van der Waals surface area contributed by atoms with Crippen LogP contribution in [0.1, 0.15) is 88.2 Å². The van der Waals surface area contributed by atoms with Gasteiger partial charge in [-0.05, 0) is 48.6 Å². The Morgan fingerprint density at radius 1 is 0.829 bits per heavy atom. The van der Waals surface area contributed by atoms with Crippen molar-refractivity contribution in [3.8, 4) is 17.2 Å². The van der Waals surface area contributed by atoms with Crippen LogP contribution in [-0.2, 0) is 15.3 Å². The lowest BCUT2D eigenvalue weighted by atomic mass is 9.66. The molecule has 230 valence electrons. The van der Waals surface area contributed by atoms with Crippen LogP contribution in [-0.4, -0.2) is 48.8 Å². The van der Waals surface area contributed by atoms with Crippen LogP contribution in [0.25, 0.3) is 0 Å². The van der Waals surface area contributed by atoms with Crippen LogP contribution in [0.2, 0.25) is 0 Å². The number of fused-ring (bicyclic) bond motifs is 1. The molecule has 0 bridgehead atoms. The molecule has 0 aliphatic carbocycles. The largest absolute Gasteiger partial charge is 0.508 e. The van der Waals surface area contributed by atoms with Crippen LogP contribution >= 0.6 is 0 Å². The zero-order chi connectivity index (χ0) is 30.3. The highest BCUT2D eigenvalue weighted by atomic mass is 32.2. The summed E-state index contributed by atoms with van der Waals surface area (Å²) in [4.78, 5) is 0. The maximum Gasteiger partial charge on any atom is 0.453 e. The van der Waals surface area contributed by atoms with Gasteiger partial charge in [0.15, 0.2) is 0 Å². The Hall–Kier alpha value is -2.56. The van der Waals surface area contributed by atoms with E-state index in [4.69, 9.17) is 4.74 Å². The molecule has 5 nitrogen and oxygen atoms in total. The first-order chi connectivity index (χ1) is 19.1. The zero-order valence-electron chi connectivity index (χ0n) is 23.2. The zero-order valence-corrected chi connectivity index (χ0v) is 24.0. The van der Waals surface area contributed by atoms with Gasteiger partial charge < -0.3 is 14.9 Å². The van der Waals surface area contributed by atoms with Gasteiger partial charge in [-0.15, -0.1) is 0 Å². The SMILES string of the molecule is CC1(c2ccc(O)cc2)COc2cc(O)ccc2C1CCCCCCCCCS(=O)(=O)CCCC(F)(F)C(F)(F)F. The van der Waals surface area contributed by atoms with Crippen LogP contribution in [0, 0.1) is 0 Å². The van der Waals surface area contributed by atoms with Crippen molar-refractivity contribution in [2.45, 2.75) is 94.6 Å². The lowest BCUT2D eigenvalue weighted by Crippen LogP contribution is -2.40. The second-order valence-electron chi connectivity index (χ2n) is 11.2. The third kappa shape index (κ3) is 8.96. The minimum atomic E-state index is -5.66. The minimum Gasteiger partial charge on any atom is -0.508 e. The maximum atomic E-state index is 13.0. The van der Waals surface area contributed by atoms with Gasteiger partial charge in [-0.1, -0.05) is 63.6 Å². The highest BCUT2D eigenvalue weighted by Gasteiger charge is 2.56. The average Bonchev–Trinajstić information content (AvgIpc) is 2.88. The van der Waals surface area contributed by atoms with Gasteiger partial charge in [0.2, 0.25) is 0 Å². The second-order valence-corrected chi connectivity index (χ2v) is 13.6. The Bertz CT molecular complexity index is 1230. The smallest absolute Gasteiger partial charge is 0.453 e. The van der Waals surface area contributed by atoms with Crippen molar-refractivity contribution in [2.24, 2.45) is 0 Å². The molecular formula is C30H39F5O5S. The lowest BCUT2D eigenvalue weighted by molar-refractivity contribution is -0.284. The van der Waals surface area contributed by atoms with E-state index in [1.54, 1.807) is 24.3 Å². The molecule has 0 radical (unpaired) electrons. The standard InChI is InChI=1S/C30H39F5O5S/c1-28(22-11-13-23(36)14-12-22)21-40-27-20-24(37)15-16-25(27)26(28)10-7-5-3-2-4-6-8-18-41(38,39)19-9-17-29(31,32)30(33,34)35/h11-16,20,26,36-37H,2-10,17-19,21H2,1H3. The highest BCUT2D eigenvalue weighted by molar-refractivity contribution is 7.91. The van der Waals surface area contributed by atoms with Crippen LogP contribution in [0.4, 0.5) is 22.0 Å². The lowest BCUT2D eigenvalue weighted by Gasteiger charge is -2.43. The van der Waals surface area contributed by atoms with Crippen molar-refractivity contribution < 1.29 is 45.3 Å². The van der Waals surface area contributed by atoms with Gasteiger partial charge >= 0.3 is 12.1 Å². The van der Waals surface area contributed by atoms with Gasteiger partial charge in [-0.25, -0.2) is 8.42 Å². The monoisotopic (exact) mass is 606 g/mol. The number of hydrogen-bond acceptors (Lipinski definition) is 5. The molecule has 0 spiro atoms. The molecule has 3 rings (SSSR count). The third-order valence-corrected chi connectivity index (χ3v) is 9.83. The van der Waals surface area contributed by atoms with E-state index in [9.17, 15) is 40.6 Å². The number of rotatable bonds is 15. The summed E-state index contributed by atoms with van der Waals surface area (Å²) in [5.74, 6) is -4.60. The van der Waals surface area contributed by atoms with Gasteiger partial charge in [0.25, 0.3) is 0 Å². The summed E-state index contributed by atoms with van der Waals surface area (Å²) in [5, 5.41) is 19.7. The fourth-order valence-electron chi connectivity index (χ4n) is 5.52. The van der Waals surface area contributed by atoms with Gasteiger partial charge in [-0.2, -0.15) is 22.0 Å². The van der Waals surface area contributed by atoms with E-state index >= 15 is 0 Å². The Kier molecular flexibility index (Phi) is 10.9. The summed E-state index contributed by atoms with van der Waals surface area (Å²) in [6, 6.07) is 12.4. The second kappa shape index (κ2) is 13.6. The number of ether oxygens (including phenoxy) is 1. The molecule has 1 heterocycles. The van der Waals surface area contributed by atoms with Crippen molar-refractivity contribution in [2.75, 3.05) is 18.1 Å². The molecule has 0 amide bonds. The third-order valence-electron chi connectivity index (χ3n) is 8.00. The average molecular weight is 607 g/mol. The number of phenols is 2. The molecule has 1 aliphatic rings. The summed E-state index contributed by atoms with van der Waals surface area (Å²) in [6.45, 7) is 2.59. The molecule has 2 unspecified atom stereocenters. The van der Waals surface area contributed by atoms with Gasteiger partial charge in [0, 0.05) is 23.8 Å². The first-order valence-electron chi connectivity index (χ1n) is 14.0. The van der Waals surface area contributed by atoms with Crippen molar-refractivity contribution in [1.82, 2.24) is 0 Å². The molecule has 0 saturated heterocycles. The van der Waals surface area contributed by atoms with E-state index < -0.39 is 40.5 Å². The van der Waals surface area contributed by atoms with Crippen molar-refractivity contribution in [3.63, 3.8) is 0 Å². The Morgan fingerprint density at radius 2 is 1.39 bits per heavy atom. The van der Waals surface area contributed by atoms with Gasteiger partial charge in [-0.3, -0.25) is 0 Å². The molecule has 0 saturated carbocycles. The number of alkyl halides is 5. The first-order valence-corrected chi connectivity index (χ1v) is 15.9. The summed E-state index contributed by atoms with van der Waals surface area (Å²) >= 11 is 0. The predicted molar refractivity (Wildman–Crippen MR) is 148 cm³/mol. The molecule has 2 aromatic rings. The number of benzene rings is 2. The van der Waals surface area contributed by atoms with Crippen LogP contribution in [0.15, 0.2) is 42.5 Å². The Labute approximate surface area is 238 Å². The quantitative estimate of drug-likeness (QED) is 0.158. The van der Waals surface area contributed by atoms with E-state index in [-0.39, 0.29) is 28.6 Å². The van der Waals surface area contributed by atoms with E-state index in [1.807, 2.05) is 18.2 Å². The fraction of sp³-hybridized carbons (Fsp3) is 0.600. The van der Waals surface area contributed by atoms with E-state index in [1.165, 1.54) is 0 Å². The van der Waals surface area contributed by atoms with E-state index in [0.29, 0.717) is 25.2 Å². The fourth-order valence-corrected chi connectivity index (χ4v) is 6.95. The molecule has 2 aromatic carbocycles. The highest BCUT2D eigenvalue weighted by Crippen LogP contribution is 2.49. The maximum absolute atomic E-state index is 13.0. The predicted octanol–water partition coefficient (Wildman–Crippen LogP) is 8.05. The number of aromatic hydroxyl groups is 2. The van der Waals surface area contributed by atoms with Crippen LogP contribution in [0.5, 0.6) is 17.2 Å². The molecule has 2 atom stereocenters. The molecule has 11 heteroatoms. The summed E-state index contributed by atoms with van der Waals surface area (Å²) < 4.78 is 92.6. The van der Waals surface area contributed by atoms with E-state index in [0.717, 1.165) is 49.7 Å². The van der Waals surface area contributed by atoms with Crippen LogP contribution < -0.4 is 4.74 Å². The normalized spacial score (nSPS) is 19.5. The molecule has 2 N–H and O–H groups in total. The molecule has 0 aromatic heterocycles. The van der Waals surface area contributed by atoms with Crippen molar-refractivity contribution in [3.05, 3.63) is 53.6 Å². The summed E-state index contributed by atoms with van der Waals surface area (Å²) in [7, 11) is -3.67. The number of halogens is 5. The molecular weight excluding hydrogens is 567 g/mol. The minimum absolute atomic E-state index is 0.137. The van der Waals surface area contributed by atoms with Crippen LogP contribution in [0.3, 0.4) is 0 Å². The molecule has 41 heavy (non-hydrogen) atoms.